The molecule has 0 fully saturated rings. The number of hydrogen-bond donors (Lipinski definition) is 2. The van der Waals surface area contributed by atoms with E-state index in [-0.39, 0.29) is 11.6 Å². The van der Waals surface area contributed by atoms with Crippen molar-refractivity contribution in [1.29, 1.82) is 0 Å². The first-order valence-corrected chi connectivity index (χ1v) is 9.11. The van der Waals surface area contributed by atoms with Crippen molar-refractivity contribution >= 4 is 33.3 Å². The van der Waals surface area contributed by atoms with E-state index in [9.17, 15) is 13.7 Å². The third kappa shape index (κ3) is 3.32. The van der Waals surface area contributed by atoms with Gasteiger partial charge < -0.3 is 10.1 Å². The number of fused-ring (bicyclic) bond motifs is 1. The van der Waals surface area contributed by atoms with Gasteiger partial charge in [0.2, 0.25) is 0 Å². The van der Waals surface area contributed by atoms with Crippen molar-refractivity contribution in [2.75, 3.05) is 12.0 Å². The van der Waals surface area contributed by atoms with Crippen LogP contribution in [0.3, 0.4) is 0 Å². The summed E-state index contributed by atoms with van der Waals surface area (Å²) in [5.74, 6) is -0.210. The van der Waals surface area contributed by atoms with Gasteiger partial charge in [0.25, 0.3) is 0 Å². The molecule has 0 saturated carbocycles. The minimum Gasteiger partial charge on any atom is -0.386 e. The maximum Gasteiger partial charge on any atom is 0.123 e. The summed E-state index contributed by atoms with van der Waals surface area (Å²) < 4.78 is 24.7. The van der Waals surface area contributed by atoms with Crippen LogP contribution in [-0.2, 0) is 10.8 Å². The van der Waals surface area contributed by atoms with E-state index in [1.165, 1.54) is 12.1 Å². The molecule has 120 valence electrons. The van der Waals surface area contributed by atoms with Crippen molar-refractivity contribution in [1.82, 2.24) is 4.98 Å². The van der Waals surface area contributed by atoms with Crippen molar-refractivity contribution in [3.63, 3.8) is 0 Å². The van der Waals surface area contributed by atoms with Crippen molar-refractivity contribution in [2.24, 2.45) is 0 Å². The largest absolute Gasteiger partial charge is 0.386 e. The Kier molecular flexibility index (Phi) is 4.53. The zero-order valence-electron chi connectivity index (χ0n) is 12.3. The molecule has 6 heteroatoms. The van der Waals surface area contributed by atoms with Crippen LogP contribution < -0.4 is 0 Å². The lowest BCUT2D eigenvalue weighted by Gasteiger charge is -2.11. The highest BCUT2D eigenvalue weighted by Gasteiger charge is 2.20. The summed E-state index contributed by atoms with van der Waals surface area (Å²) in [6.45, 7) is 0. The molecular weight excluding hydrogens is 337 g/mol. The van der Waals surface area contributed by atoms with Gasteiger partial charge >= 0.3 is 0 Å². The number of aliphatic hydroxyl groups excluding tert-OH is 1. The van der Waals surface area contributed by atoms with Crippen LogP contribution in [-0.4, -0.2) is 26.3 Å². The van der Waals surface area contributed by atoms with E-state index in [1.54, 1.807) is 30.5 Å². The molecule has 2 unspecified atom stereocenters. The molecule has 0 radical (unpaired) electrons. The number of nitrogens with one attached hydrogen (secondary N) is 1. The fourth-order valence-corrected chi connectivity index (χ4v) is 3.45. The first-order valence-electron chi connectivity index (χ1n) is 7.01. The molecule has 0 saturated heterocycles. The van der Waals surface area contributed by atoms with Gasteiger partial charge in [0.05, 0.1) is 11.4 Å². The lowest BCUT2D eigenvalue weighted by molar-refractivity contribution is 0.199. The second-order valence-corrected chi connectivity index (χ2v) is 7.28. The van der Waals surface area contributed by atoms with Crippen LogP contribution >= 0.6 is 11.6 Å². The van der Waals surface area contributed by atoms with Crippen molar-refractivity contribution in [3.8, 4) is 11.1 Å². The first-order chi connectivity index (χ1) is 11.0. The van der Waals surface area contributed by atoms with E-state index < -0.39 is 16.9 Å². The van der Waals surface area contributed by atoms with E-state index in [0.717, 1.165) is 22.0 Å². The quantitative estimate of drug-likeness (QED) is 0.745. The SMILES string of the molecule is CS(=O)CC(O)c1[nH]c2ccc(Cl)cc2c1-c1ccc(F)cc1. The fourth-order valence-electron chi connectivity index (χ4n) is 2.67. The molecule has 1 heterocycles. The lowest BCUT2D eigenvalue weighted by atomic mass is 10.00. The molecule has 2 N–H and O–H groups in total. The zero-order chi connectivity index (χ0) is 16.6. The van der Waals surface area contributed by atoms with Gasteiger partial charge in [0, 0.05) is 38.5 Å². The van der Waals surface area contributed by atoms with Crippen LogP contribution in [0.1, 0.15) is 11.8 Å². The lowest BCUT2D eigenvalue weighted by Crippen LogP contribution is -2.09. The summed E-state index contributed by atoms with van der Waals surface area (Å²) in [7, 11) is -1.15. The second-order valence-electron chi connectivity index (χ2n) is 5.37. The summed E-state index contributed by atoms with van der Waals surface area (Å²) in [6.07, 6.45) is 0.632. The van der Waals surface area contributed by atoms with E-state index in [4.69, 9.17) is 11.6 Å². The van der Waals surface area contributed by atoms with Crippen LogP contribution in [0.2, 0.25) is 5.02 Å². The zero-order valence-corrected chi connectivity index (χ0v) is 13.9. The van der Waals surface area contributed by atoms with E-state index in [0.29, 0.717) is 10.7 Å². The molecule has 3 nitrogen and oxygen atoms in total. The Morgan fingerprint density at radius 3 is 2.61 bits per heavy atom. The summed E-state index contributed by atoms with van der Waals surface area (Å²) in [4.78, 5) is 3.17. The van der Waals surface area contributed by atoms with E-state index in [2.05, 4.69) is 4.98 Å². The Bertz CT molecular complexity index is 876. The maximum absolute atomic E-state index is 13.2. The molecule has 3 rings (SSSR count). The minimum absolute atomic E-state index is 0.120. The molecule has 0 bridgehead atoms. The fraction of sp³-hybridized carbons (Fsp3) is 0.176. The molecule has 0 aliphatic rings. The van der Waals surface area contributed by atoms with Gasteiger partial charge in [-0.15, -0.1) is 0 Å². The van der Waals surface area contributed by atoms with Crippen molar-refractivity contribution in [3.05, 3.63) is 59.0 Å². The standard InChI is InChI=1S/C17H15ClFNO2S/c1-23(22)9-15(21)17-16(10-2-5-12(19)6-3-10)13-8-11(18)4-7-14(13)20-17/h2-8,15,20-21H,9H2,1H3. The number of aromatic nitrogens is 1. The third-order valence-corrected chi connectivity index (χ3v) is 4.67. The predicted molar refractivity (Wildman–Crippen MR) is 92.6 cm³/mol. The molecule has 3 aromatic rings. The first kappa shape index (κ1) is 16.2. The van der Waals surface area contributed by atoms with Crippen LogP contribution in [0.5, 0.6) is 0 Å². The number of hydrogen-bond acceptors (Lipinski definition) is 2. The average molecular weight is 352 g/mol. The van der Waals surface area contributed by atoms with Crippen molar-refractivity contribution < 1.29 is 13.7 Å². The molecule has 23 heavy (non-hydrogen) atoms. The summed E-state index contributed by atoms with van der Waals surface area (Å²) in [6, 6.07) is 11.4. The maximum atomic E-state index is 13.2. The van der Waals surface area contributed by atoms with Gasteiger partial charge in [-0.1, -0.05) is 23.7 Å². The Balaban J connectivity index is 2.24. The molecule has 2 aromatic carbocycles. The van der Waals surface area contributed by atoms with Crippen LogP contribution in [0, 0.1) is 5.82 Å². The van der Waals surface area contributed by atoms with Crippen molar-refractivity contribution in [2.45, 2.75) is 6.10 Å². The summed E-state index contributed by atoms with van der Waals surface area (Å²) in [5, 5.41) is 11.8. The third-order valence-electron chi connectivity index (χ3n) is 3.65. The number of benzene rings is 2. The molecular formula is C17H15ClFNO2S. The number of halogens is 2. The number of aromatic amines is 1. The Labute approximate surface area is 140 Å². The normalized spacial score (nSPS) is 14.1. The monoisotopic (exact) mass is 351 g/mol. The molecule has 1 aromatic heterocycles. The van der Waals surface area contributed by atoms with Gasteiger partial charge in [-0.25, -0.2) is 4.39 Å². The number of aliphatic hydroxyl groups is 1. The van der Waals surface area contributed by atoms with Crippen LogP contribution in [0.25, 0.3) is 22.0 Å². The molecule has 0 aliphatic carbocycles. The number of rotatable bonds is 4. The van der Waals surface area contributed by atoms with Crippen LogP contribution in [0.15, 0.2) is 42.5 Å². The Morgan fingerprint density at radius 1 is 1.26 bits per heavy atom. The van der Waals surface area contributed by atoms with Crippen LogP contribution in [0.4, 0.5) is 4.39 Å². The highest BCUT2D eigenvalue weighted by Crippen LogP contribution is 2.37. The Morgan fingerprint density at radius 2 is 1.96 bits per heavy atom. The highest BCUT2D eigenvalue weighted by molar-refractivity contribution is 7.84. The van der Waals surface area contributed by atoms with E-state index in [1.807, 2.05) is 6.07 Å². The predicted octanol–water partition coefficient (Wildman–Crippen LogP) is 4.04. The molecule has 0 aliphatic heterocycles. The molecule has 2 atom stereocenters. The van der Waals surface area contributed by atoms with Gasteiger partial charge in [-0.3, -0.25) is 4.21 Å². The second kappa shape index (κ2) is 6.43. The highest BCUT2D eigenvalue weighted by atomic mass is 35.5. The summed E-state index contributed by atoms with van der Waals surface area (Å²) >= 11 is 6.09. The van der Waals surface area contributed by atoms with Gasteiger partial charge in [-0.05, 0) is 35.9 Å². The molecule has 0 spiro atoms. The van der Waals surface area contributed by atoms with E-state index >= 15 is 0 Å². The van der Waals surface area contributed by atoms with Gasteiger partial charge in [0.15, 0.2) is 0 Å². The van der Waals surface area contributed by atoms with Gasteiger partial charge in [0.1, 0.15) is 11.9 Å². The smallest absolute Gasteiger partial charge is 0.123 e. The molecule has 0 amide bonds. The number of H-pyrrole nitrogens is 1. The minimum atomic E-state index is -1.15. The average Bonchev–Trinajstić information content (AvgIpc) is 2.86. The summed E-state index contributed by atoms with van der Waals surface area (Å²) in [5.41, 5.74) is 2.88. The van der Waals surface area contributed by atoms with Gasteiger partial charge in [-0.2, -0.15) is 0 Å². The topological polar surface area (TPSA) is 53.1 Å². The Hall–Kier alpha value is -1.69.